The third-order valence-electron chi connectivity index (χ3n) is 2.83. The van der Waals surface area contributed by atoms with Crippen LogP contribution in [0.25, 0.3) is 0 Å². The van der Waals surface area contributed by atoms with Gasteiger partial charge in [0.1, 0.15) is 0 Å². The fourth-order valence-corrected chi connectivity index (χ4v) is 1.79. The number of anilines is 2. The summed E-state index contributed by atoms with van der Waals surface area (Å²) in [6.07, 6.45) is 4.30. The van der Waals surface area contributed by atoms with E-state index in [0.29, 0.717) is 23.8 Å². The summed E-state index contributed by atoms with van der Waals surface area (Å²) in [5.74, 6) is 1.08. The molecule has 2 aliphatic rings. The Balaban J connectivity index is 1.88. The van der Waals surface area contributed by atoms with Gasteiger partial charge in [0, 0.05) is 0 Å². The van der Waals surface area contributed by atoms with Gasteiger partial charge in [-0.15, -0.1) is 0 Å². The molecule has 1 aliphatic carbocycles. The lowest BCUT2D eigenvalue weighted by Gasteiger charge is -2.09. The van der Waals surface area contributed by atoms with Crippen molar-refractivity contribution in [2.45, 2.75) is 19.3 Å². The van der Waals surface area contributed by atoms with E-state index in [-0.39, 0.29) is 5.91 Å². The van der Waals surface area contributed by atoms with Crippen LogP contribution in [0.4, 0.5) is 11.5 Å². The molecule has 0 saturated heterocycles. The summed E-state index contributed by atoms with van der Waals surface area (Å²) in [7, 11) is 0. The Morgan fingerprint density at radius 1 is 1.38 bits per heavy atom. The van der Waals surface area contributed by atoms with Crippen LogP contribution < -0.4 is 10.7 Å². The summed E-state index contributed by atoms with van der Waals surface area (Å²) in [5, 5.41) is 5.71. The van der Waals surface area contributed by atoms with E-state index in [4.69, 9.17) is 5.73 Å². The molecule has 2 heterocycles. The number of hydrogen-bond acceptors (Lipinski definition) is 4. The summed E-state index contributed by atoms with van der Waals surface area (Å²) in [6, 6.07) is 3.44. The van der Waals surface area contributed by atoms with Gasteiger partial charge in [-0.1, -0.05) is 0 Å². The molecule has 1 amide bonds. The molecular weight excluding hydrogens is 204 g/mol. The zero-order valence-corrected chi connectivity index (χ0v) is 8.76. The zero-order chi connectivity index (χ0) is 11.1. The Hall–Kier alpha value is -1.91. The van der Waals surface area contributed by atoms with Crippen molar-refractivity contribution in [1.29, 1.82) is 0 Å². The minimum absolute atomic E-state index is 0.000767. The molecule has 5 heteroatoms. The van der Waals surface area contributed by atoms with Crippen molar-refractivity contribution in [3.05, 3.63) is 18.3 Å². The Labute approximate surface area is 93.0 Å². The predicted octanol–water partition coefficient (Wildman–Crippen LogP) is 1.17. The molecule has 5 nitrogen and oxygen atoms in total. The van der Waals surface area contributed by atoms with E-state index in [1.54, 1.807) is 12.1 Å². The highest BCUT2D eigenvalue weighted by Gasteiger charge is 2.35. The molecule has 1 fully saturated rings. The third kappa shape index (κ3) is 1.54. The molecule has 1 aromatic rings. The van der Waals surface area contributed by atoms with Crippen LogP contribution in [0.2, 0.25) is 0 Å². The number of carbonyl (C=O) groups excluding carboxylic acids is 1. The van der Waals surface area contributed by atoms with E-state index < -0.39 is 0 Å². The van der Waals surface area contributed by atoms with Crippen LogP contribution in [0.5, 0.6) is 0 Å². The van der Waals surface area contributed by atoms with Gasteiger partial charge < -0.3 is 5.73 Å². The molecule has 0 spiro atoms. The molecular formula is C11H12N4O. The Kier molecular flexibility index (Phi) is 1.92. The number of hydrogen-bond donors (Lipinski definition) is 1. The minimum Gasteiger partial charge on any atom is -0.397 e. The molecule has 3 rings (SSSR count). The normalized spacial score (nSPS) is 20.1. The first-order valence-electron chi connectivity index (χ1n) is 5.36. The molecule has 0 radical (unpaired) electrons. The second-order valence-electron chi connectivity index (χ2n) is 4.20. The number of hydrazone groups is 1. The average molecular weight is 216 g/mol. The summed E-state index contributed by atoms with van der Waals surface area (Å²) in [5.41, 5.74) is 7.13. The van der Waals surface area contributed by atoms with Gasteiger partial charge in [-0.2, -0.15) is 10.1 Å². The number of aromatic nitrogens is 1. The van der Waals surface area contributed by atoms with Gasteiger partial charge in [0.15, 0.2) is 5.82 Å². The number of amides is 1. The Morgan fingerprint density at radius 3 is 2.81 bits per heavy atom. The van der Waals surface area contributed by atoms with Crippen molar-refractivity contribution in [2.24, 2.45) is 11.0 Å². The summed E-state index contributed by atoms with van der Waals surface area (Å²) in [6.45, 7) is 0. The van der Waals surface area contributed by atoms with Crippen LogP contribution in [0.3, 0.4) is 0 Å². The number of rotatable bonds is 2. The summed E-state index contributed by atoms with van der Waals surface area (Å²) < 4.78 is 0. The summed E-state index contributed by atoms with van der Waals surface area (Å²) in [4.78, 5) is 15.8. The van der Waals surface area contributed by atoms with Crippen molar-refractivity contribution < 1.29 is 4.79 Å². The van der Waals surface area contributed by atoms with E-state index in [1.165, 1.54) is 11.2 Å². The second-order valence-corrected chi connectivity index (χ2v) is 4.20. The van der Waals surface area contributed by atoms with Crippen molar-refractivity contribution >= 4 is 23.1 Å². The molecule has 16 heavy (non-hydrogen) atoms. The standard InChI is InChI=1S/C11H12N4O/c12-8-3-4-10(13-6-8)15-11(16)5-9(14-15)7-1-2-7/h3-4,6-7H,1-2,5,12H2. The number of pyridine rings is 1. The smallest absolute Gasteiger partial charge is 0.254 e. The van der Waals surface area contributed by atoms with Crippen molar-refractivity contribution in [3.63, 3.8) is 0 Å². The Bertz CT molecular complexity index is 461. The number of nitrogens with two attached hydrogens (primary N) is 1. The lowest BCUT2D eigenvalue weighted by Crippen LogP contribution is -2.20. The van der Waals surface area contributed by atoms with Gasteiger partial charge in [0.2, 0.25) is 0 Å². The highest BCUT2D eigenvalue weighted by atomic mass is 16.2. The molecule has 1 saturated carbocycles. The summed E-state index contributed by atoms with van der Waals surface area (Å²) >= 11 is 0. The molecule has 0 unspecified atom stereocenters. The molecule has 0 atom stereocenters. The van der Waals surface area contributed by atoms with E-state index in [0.717, 1.165) is 18.6 Å². The molecule has 1 aliphatic heterocycles. The van der Waals surface area contributed by atoms with Crippen molar-refractivity contribution in [1.82, 2.24) is 4.98 Å². The Morgan fingerprint density at radius 2 is 2.19 bits per heavy atom. The fourth-order valence-electron chi connectivity index (χ4n) is 1.79. The number of nitrogens with zero attached hydrogens (tertiary/aromatic N) is 3. The third-order valence-corrected chi connectivity index (χ3v) is 2.83. The van der Waals surface area contributed by atoms with Gasteiger partial charge in [-0.05, 0) is 30.9 Å². The van der Waals surface area contributed by atoms with E-state index in [9.17, 15) is 4.79 Å². The maximum atomic E-state index is 11.7. The molecule has 1 aromatic heterocycles. The maximum absolute atomic E-state index is 11.7. The molecule has 82 valence electrons. The SMILES string of the molecule is Nc1ccc(N2N=C(C3CC3)CC2=O)nc1. The number of carbonyl (C=O) groups is 1. The first kappa shape index (κ1) is 9.33. The molecule has 2 N–H and O–H groups in total. The highest BCUT2D eigenvalue weighted by Crippen LogP contribution is 2.35. The van der Waals surface area contributed by atoms with Gasteiger partial charge >= 0.3 is 0 Å². The van der Waals surface area contributed by atoms with Crippen molar-refractivity contribution in [3.8, 4) is 0 Å². The maximum Gasteiger partial charge on any atom is 0.254 e. The predicted molar refractivity (Wildman–Crippen MR) is 60.9 cm³/mol. The zero-order valence-electron chi connectivity index (χ0n) is 8.76. The lowest BCUT2D eigenvalue weighted by molar-refractivity contribution is -0.116. The van der Waals surface area contributed by atoms with Crippen LogP contribution >= 0.6 is 0 Å². The lowest BCUT2D eigenvalue weighted by atomic mass is 10.2. The van der Waals surface area contributed by atoms with Crippen LogP contribution in [0.15, 0.2) is 23.4 Å². The van der Waals surface area contributed by atoms with Gasteiger partial charge in [0.25, 0.3) is 5.91 Å². The monoisotopic (exact) mass is 216 g/mol. The number of nitrogen functional groups attached to an aromatic ring is 1. The van der Waals surface area contributed by atoms with Crippen LogP contribution in [-0.4, -0.2) is 16.6 Å². The molecule has 0 bridgehead atoms. The van der Waals surface area contributed by atoms with Gasteiger partial charge in [0.05, 0.1) is 24.0 Å². The van der Waals surface area contributed by atoms with Gasteiger partial charge in [-0.25, -0.2) is 4.98 Å². The first-order chi connectivity index (χ1) is 7.74. The fraction of sp³-hybridized carbons (Fsp3) is 0.364. The minimum atomic E-state index is -0.000767. The van der Waals surface area contributed by atoms with E-state index >= 15 is 0 Å². The van der Waals surface area contributed by atoms with E-state index in [1.807, 2.05) is 0 Å². The van der Waals surface area contributed by atoms with Gasteiger partial charge in [-0.3, -0.25) is 4.79 Å². The largest absolute Gasteiger partial charge is 0.397 e. The topological polar surface area (TPSA) is 71.6 Å². The van der Waals surface area contributed by atoms with Crippen molar-refractivity contribution in [2.75, 3.05) is 10.7 Å². The highest BCUT2D eigenvalue weighted by molar-refractivity contribution is 6.13. The van der Waals surface area contributed by atoms with Crippen LogP contribution in [-0.2, 0) is 4.79 Å². The van der Waals surface area contributed by atoms with E-state index in [2.05, 4.69) is 10.1 Å². The van der Waals surface area contributed by atoms with Crippen LogP contribution in [0, 0.1) is 5.92 Å². The van der Waals surface area contributed by atoms with Crippen LogP contribution in [0.1, 0.15) is 19.3 Å². The first-order valence-corrected chi connectivity index (χ1v) is 5.36. The quantitative estimate of drug-likeness (QED) is 0.806. The second kappa shape index (κ2) is 3.30. The molecule has 0 aromatic carbocycles. The average Bonchev–Trinajstić information content (AvgIpc) is 3.04.